The van der Waals surface area contributed by atoms with Crippen LogP contribution < -0.4 is 9.62 Å². The summed E-state index contributed by atoms with van der Waals surface area (Å²) in [7, 11) is -2.83. The van der Waals surface area contributed by atoms with Gasteiger partial charge in [0.15, 0.2) is 0 Å². The van der Waals surface area contributed by atoms with Gasteiger partial charge in [0.2, 0.25) is 11.8 Å². The Labute approximate surface area is 222 Å². The number of hydrogen-bond donors (Lipinski definition) is 1. The van der Waals surface area contributed by atoms with E-state index in [4.69, 9.17) is 0 Å². The van der Waals surface area contributed by atoms with Crippen LogP contribution in [0.2, 0.25) is 0 Å². The number of sulfonamides is 1. The van der Waals surface area contributed by atoms with Crippen LogP contribution in [0, 0.1) is 17.0 Å². The van der Waals surface area contributed by atoms with Gasteiger partial charge in [-0.2, -0.15) is 0 Å². The number of hydrogen-bond acceptors (Lipinski definition) is 6. The van der Waals surface area contributed by atoms with Crippen molar-refractivity contribution >= 4 is 33.2 Å². The van der Waals surface area contributed by atoms with Crippen LogP contribution >= 0.6 is 0 Å². The van der Waals surface area contributed by atoms with Gasteiger partial charge in [-0.3, -0.25) is 24.0 Å². The Kier molecular flexibility index (Phi) is 9.19. The summed E-state index contributed by atoms with van der Waals surface area (Å²) in [6, 6.07) is 19.2. The maximum atomic E-state index is 13.8. The molecule has 0 spiro atoms. The lowest BCUT2D eigenvalue weighted by atomic mass is 10.1. The first-order valence-corrected chi connectivity index (χ1v) is 13.4. The van der Waals surface area contributed by atoms with Crippen molar-refractivity contribution in [1.29, 1.82) is 0 Å². The molecule has 0 aliphatic rings. The maximum Gasteiger partial charge on any atom is 0.271 e. The van der Waals surface area contributed by atoms with Crippen molar-refractivity contribution < 1.29 is 22.9 Å². The standard InChI is InChI=1S/C27H30N4O6S/c1-4-25(27(33)28-3)29(18-21-11-8-10-20(2)16-21)26(32)19-30(22-12-9-13-23(17-22)31(34)35)38(36,37)24-14-6-5-7-15-24/h5-17,25H,4,18-19H2,1-3H3,(H,28,33)/t25-/m0/s1. The number of nitrogens with zero attached hydrogens (tertiary/aromatic N) is 3. The van der Waals surface area contributed by atoms with Crippen LogP contribution in [0.5, 0.6) is 0 Å². The Morgan fingerprint density at radius 1 is 1.00 bits per heavy atom. The number of carbonyl (C=O) groups excluding carboxylic acids is 2. The first-order valence-electron chi connectivity index (χ1n) is 12.0. The van der Waals surface area contributed by atoms with Crippen molar-refractivity contribution in [2.45, 2.75) is 37.8 Å². The number of anilines is 1. The second kappa shape index (κ2) is 12.3. The van der Waals surface area contributed by atoms with Crippen LogP contribution in [-0.2, 0) is 26.2 Å². The summed E-state index contributed by atoms with van der Waals surface area (Å²) in [5, 5.41) is 14.0. The molecule has 10 nitrogen and oxygen atoms in total. The molecule has 3 rings (SSSR count). The largest absolute Gasteiger partial charge is 0.357 e. The Bertz CT molecular complexity index is 1410. The highest BCUT2D eigenvalue weighted by Crippen LogP contribution is 2.27. The molecule has 1 atom stereocenters. The molecule has 3 aromatic rings. The third-order valence-corrected chi connectivity index (χ3v) is 7.79. The van der Waals surface area contributed by atoms with Gasteiger partial charge in [-0.25, -0.2) is 8.42 Å². The molecule has 0 radical (unpaired) electrons. The Hall–Kier alpha value is -4.25. The molecule has 0 saturated carbocycles. The van der Waals surface area contributed by atoms with Gasteiger partial charge in [-0.05, 0) is 37.1 Å². The molecule has 200 valence electrons. The van der Waals surface area contributed by atoms with Crippen molar-refractivity contribution in [2.75, 3.05) is 17.9 Å². The van der Waals surface area contributed by atoms with E-state index in [1.165, 1.54) is 42.3 Å². The van der Waals surface area contributed by atoms with E-state index in [2.05, 4.69) is 5.32 Å². The van der Waals surface area contributed by atoms with Crippen LogP contribution in [0.3, 0.4) is 0 Å². The zero-order chi connectivity index (χ0) is 27.9. The monoisotopic (exact) mass is 538 g/mol. The molecule has 1 N–H and O–H groups in total. The third kappa shape index (κ3) is 6.54. The van der Waals surface area contributed by atoms with Gasteiger partial charge in [0.25, 0.3) is 15.7 Å². The minimum atomic E-state index is -4.30. The van der Waals surface area contributed by atoms with Crippen molar-refractivity contribution in [3.8, 4) is 0 Å². The van der Waals surface area contributed by atoms with Crippen LogP contribution in [0.25, 0.3) is 0 Å². The van der Waals surface area contributed by atoms with Crippen LogP contribution in [0.15, 0.2) is 83.8 Å². The number of nitro benzene ring substituents is 1. The van der Waals surface area contributed by atoms with E-state index in [0.717, 1.165) is 21.5 Å². The van der Waals surface area contributed by atoms with Gasteiger partial charge in [0, 0.05) is 25.7 Å². The number of benzene rings is 3. The second-order valence-corrected chi connectivity index (χ2v) is 10.5. The minimum Gasteiger partial charge on any atom is -0.357 e. The first kappa shape index (κ1) is 28.3. The van der Waals surface area contributed by atoms with Gasteiger partial charge in [0.1, 0.15) is 12.6 Å². The first-order chi connectivity index (χ1) is 18.1. The molecule has 3 aromatic carbocycles. The fourth-order valence-corrected chi connectivity index (χ4v) is 5.53. The molecule has 0 aliphatic carbocycles. The molecular formula is C27H30N4O6S. The van der Waals surface area contributed by atoms with Crippen LogP contribution in [0.4, 0.5) is 11.4 Å². The third-order valence-electron chi connectivity index (χ3n) is 6.01. The van der Waals surface area contributed by atoms with E-state index in [-0.39, 0.29) is 28.7 Å². The Balaban J connectivity index is 2.09. The fraction of sp³-hybridized carbons (Fsp3) is 0.259. The van der Waals surface area contributed by atoms with Crippen molar-refractivity contribution in [2.24, 2.45) is 0 Å². The lowest BCUT2D eigenvalue weighted by molar-refractivity contribution is -0.384. The second-order valence-electron chi connectivity index (χ2n) is 8.65. The summed E-state index contributed by atoms with van der Waals surface area (Å²) >= 11 is 0. The minimum absolute atomic E-state index is 0.0418. The van der Waals surface area contributed by atoms with Crippen molar-refractivity contribution in [3.63, 3.8) is 0 Å². The smallest absolute Gasteiger partial charge is 0.271 e. The average molecular weight is 539 g/mol. The summed E-state index contributed by atoms with van der Waals surface area (Å²) < 4.78 is 28.3. The highest BCUT2D eigenvalue weighted by molar-refractivity contribution is 7.92. The van der Waals surface area contributed by atoms with E-state index < -0.39 is 33.4 Å². The lowest BCUT2D eigenvalue weighted by Gasteiger charge is -2.33. The predicted molar refractivity (Wildman–Crippen MR) is 144 cm³/mol. The molecule has 0 aliphatic heterocycles. The summed E-state index contributed by atoms with van der Waals surface area (Å²) in [4.78, 5) is 38.6. The zero-order valence-electron chi connectivity index (χ0n) is 21.4. The van der Waals surface area contributed by atoms with Gasteiger partial charge < -0.3 is 10.2 Å². The molecule has 38 heavy (non-hydrogen) atoms. The van der Waals surface area contributed by atoms with E-state index in [1.807, 2.05) is 31.2 Å². The van der Waals surface area contributed by atoms with Crippen molar-refractivity contribution in [1.82, 2.24) is 10.2 Å². The number of aryl methyl sites for hydroxylation is 1. The Morgan fingerprint density at radius 3 is 2.29 bits per heavy atom. The molecule has 0 saturated heterocycles. The Morgan fingerprint density at radius 2 is 1.68 bits per heavy atom. The predicted octanol–water partition coefficient (Wildman–Crippen LogP) is 3.65. The maximum absolute atomic E-state index is 13.8. The molecule has 11 heteroatoms. The van der Waals surface area contributed by atoms with Crippen LogP contribution in [0.1, 0.15) is 24.5 Å². The highest BCUT2D eigenvalue weighted by Gasteiger charge is 2.33. The number of nitro groups is 1. The van der Waals surface area contributed by atoms with Gasteiger partial charge in [0.05, 0.1) is 15.5 Å². The summed E-state index contributed by atoms with van der Waals surface area (Å²) in [6.45, 7) is 3.07. The SMILES string of the molecule is CC[C@@H](C(=O)NC)N(Cc1cccc(C)c1)C(=O)CN(c1cccc([N+](=O)[O-])c1)S(=O)(=O)c1ccccc1. The average Bonchev–Trinajstić information content (AvgIpc) is 2.91. The van der Waals surface area contributed by atoms with Gasteiger partial charge in [-0.1, -0.05) is 61.0 Å². The quantitative estimate of drug-likeness (QED) is 0.293. The number of nitrogens with one attached hydrogen (secondary N) is 1. The molecule has 0 unspecified atom stereocenters. The molecular weight excluding hydrogens is 508 g/mol. The number of non-ortho nitro benzene ring substituents is 1. The van der Waals surface area contributed by atoms with E-state index >= 15 is 0 Å². The lowest BCUT2D eigenvalue weighted by Crippen LogP contribution is -2.51. The molecule has 0 bridgehead atoms. The number of carbonyl (C=O) groups is 2. The molecule has 0 heterocycles. The van der Waals surface area contributed by atoms with E-state index in [1.54, 1.807) is 25.1 Å². The number of likely N-dealkylation sites (N-methyl/N-ethyl adjacent to an activating group) is 1. The summed E-state index contributed by atoms with van der Waals surface area (Å²) in [5.74, 6) is -1.02. The van der Waals surface area contributed by atoms with E-state index in [0.29, 0.717) is 6.42 Å². The molecule has 0 aromatic heterocycles. The topological polar surface area (TPSA) is 130 Å². The van der Waals surface area contributed by atoms with E-state index in [9.17, 15) is 28.1 Å². The van der Waals surface area contributed by atoms with Crippen molar-refractivity contribution in [3.05, 3.63) is 100 Å². The summed E-state index contributed by atoms with van der Waals surface area (Å²) in [5.41, 5.74) is 1.37. The molecule has 0 fully saturated rings. The normalized spacial score (nSPS) is 11.9. The van der Waals surface area contributed by atoms with Crippen LogP contribution in [-0.4, -0.2) is 49.7 Å². The van der Waals surface area contributed by atoms with Gasteiger partial charge >= 0.3 is 0 Å². The summed E-state index contributed by atoms with van der Waals surface area (Å²) in [6.07, 6.45) is 0.291. The van der Waals surface area contributed by atoms with Gasteiger partial charge in [-0.15, -0.1) is 0 Å². The molecule has 2 amide bonds. The highest BCUT2D eigenvalue weighted by atomic mass is 32.2. The fourth-order valence-electron chi connectivity index (χ4n) is 4.10. The number of amides is 2. The number of rotatable bonds is 11. The zero-order valence-corrected chi connectivity index (χ0v) is 22.2.